The first-order valence-corrected chi connectivity index (χ1v) is 6.50. The molecule has 0 unspecified atom stereocenters. The van der Waals surface area contributed by atoms with Crippen LogP contribution in [0.1, 0.15) is 0 Å². The van der Waals surface area contributed by atoms with Gasteiger partial charge in [-0.15, -0.1) is 24.8 Å². The van der Waals surface area contributed by atoms with E-state index in [9.17, 15) is 4.39 Å². The Balaban J connectivity index is 0.00000110. The van der Waals surface area contributed by atoms with Gasteiger partial charge in [-0.3, -0.25) is 0 Å². The predicted molar refractivity (Wildman–Crippen MR) is 89.2 cm³/mol. The Morgan fingerprint density at radius 3 is 2.10 bits per heavy atom. The van der Waals surface area contributed by atoms with Crippen LogP contribution in [0.15, 0.2) is 42.6 Å². The van der Waals surface area contributed by atoms with Crippen LogP contribution in [0.25, 0.3) is 11.1 Å². The SMILES string of the molecule is Cl.Cl.Fc1ccc(-c2ccc(N3CCNCC3)nc2)cc1. The Labute approximate surface area is 136 Å². The number of piperazine rings is 1. The van der Waals surface area contributed by atoms with Gasteiger partial charge in [-0.1, -0.05) is 12.1 Å². The molecule has 0 radical (unpaired) electrons. The first kappa shape index (κ1) is 17.7. The van der Waals surface area contributed by atoms with Gasteiger partial charge in [0.2, 0.25) is 0 Å². The van der Waals surface area contributed by atoms with E-state index in [0.29, 0.717) is 0 Å². The zero-order valence-corrected chi connectivity index (χ0v) is 13.1. The average Bonchev–Trinajstić information content (AvgIpc) is 2.49. The lowest BCUT2D eigenvalue weighted by atomic mass is 10.1. The molecule has 0 amide bonds. The molecule has 3 rings (SSSR count). The molecular formula is C15H18Cl2FN3. The maximum Gasteiger partial charge on any atom is 0.128 e. The van der Waals surface area contributed by atoms with Gasteiger partial charge in [-0.25, -0.2) is 9.37 Å². The van der Waals surface area contributed by atoms with Gasteiger partial charge in [0.25, 0.3) is 0 Å². The predicted octanol–water partition coefficient (Wildman–Crippen LogP) is 3.14. The number of pyridine rings is 1. The summed E-state index contributed by atoms with van der Waals surface area (Å²) in [4.78, 5) is 6.77. The van der Waals surface area contributed by atoms with Crippen LogP contribution in [0.3, 0.4) is 0 Å². The third kappa shape index (κ3) is 4.30. The van der Waals surface area contributed by atoms with E-state index in [2.05, 4.69) is 15.2 Å². The molecule has 1 N–H and O–H groups in total. The van der Waals surface area contributed by atoms with Crippen LogP contribution in [0.2, 0.25) is 0 Å². The second-order valence-corrected chi connectivity index (χ2v) is 4.65. The number of anilines is 1. The lowest BCUT2D eigenvalue weighted by Gasteiger charge is -2.28. The van der Waals surface area contributed by atoms with Crippen molar-refractivity contribution in [2.75, 3.05) is 31.1 Å². The van der Waals surface area contributed by atoms with E-state index in [1.54, 1.807) is 12.1 Å². The molecule has 1 aromatic carbocycles. The number of nitrogens with zero attached hydrogens (tertiary/aromatic N) is 2. The second kappa shape index (κ2) is 8.17. The van der Waals surface area contributed by atoms with Crippen molar-refractivity contribution < 1.29 is 4.39 Å². The molecule has 2 heterocycles. The van der Waals surface area contributed by atoms with Gasteiger partial charge in [0, 0.05) is 37.9 Å². The molecule has 0 bridgehead atoms. The molecule has 6 heteroatoms. The van der Waals surface area contributed by atoms with E-state index in [4.69, 9.17) is 0 Å². The summed E-state index contributed by atoms with van der Waals surface area (Å²) in [5.74, 6) is 0.793. The minimum absolute atomic E-state index is 0. The van der Waals surface area contributed by atoms with Crippen molar-refractivity contribution in [2.45, 2.75) is 0 Å². The molecule has 0 atom stereocenters. The highest BCUT2D eigenvalue weighted by Gasteiger charge is 2.11. The van der Waals surface area contributed by atoms with Crippen LogP contribution in [0.4, 0.5) is 10.2 Å². The molecule has 1 fully saturated rings. The van der Waals surface area contributed by atoms with E-state index in [-0.39, 0.29) is 30.6 Å². The number of halogens is 3. The molecule has 1 saturated heterocycles. The van der Waals surface area contributed by atoms with Crippen LogP contribution >= 0.6 is 24.8 Å². The third-order valence-corrected chi connectivity index (χ3v) is 3.37. The number of hydrogen-bond acceptors (Lipinski definition) is 3. The minimum atomic E-state index is -0.214. The Morgan fingerprint density at radius 1 is 0.905 bits per heavy atom. The zero-order chi connectivity index (χ0) is 13.1. The first-order chi connectivity index (χ1) is 9.33. The van der Waals surface area contributed by atoms with E-state index in [0.717, 1.165) is 43.1 Å². The number of rotatable bonds is 2. The molecule has 1 aromatic heterocycles. The van der Waals surface area contributed by atoms with Crippen molar-refractivity contribution in [3.8, 4) is 11.1 Å². The minimum Gasteiger partial charge on any atom is -0.354 e. The molecule has 21 heavy (non-hydrogen) atoms. The van der Waals surface area contributed by atoms with Gasteiger partial charge < -0.3 is 10.2 Å². The fraction of sp³-hybridized carbons (Fsp3) is 0.267. The Hall–Kier alpha value is -1.36. The quantitative estimate of drug-likeness (QED) is 0.917. The molecule has 1 aliphatic heterocycles. The highest BCUT2D eigenvalue weighted by atomic mass is 35.5. The van der Waals surface area contributed by atoms with Crippen molar-refractivity contribution in [3.05, 3.63) is 48.4 Å². The summed E-state index contributed by atoms with van der Waals surface area (Å²) in [6.45, 7) is 3.98. The highest BCUT2D eigenvalue weighted by molar-refractivity contribution is 5.85. The zero-order valence-electron chi connectivity index (χ0n) is 11.5. The van der Waals surface area contributed by atoms with Crippen molar-refractivity contribution in [3.63, 3.8) is 0 Å². The fourth-order valence-electron chi connectivity index (χ4n) is 2.28. The molecule has 114 valence electrons. The lowest BCUT2D eigenvalue weighted by molar-refractivity contribution is 0.585. The van der Waals surface area contributed by atoms with E-state index >= 15 is 0 Å². The molecule has 3 nitrogen and oxygen atoms in total. The van der Waals surface area contributed by atoms with Crippen molar-refractivity contribution >= 4 is 30.6 Å². The van der Waals surface area contributed by atoms with Gasteiger partial charge in [0.15, 0.2) is 0 Å². The first-order valence-electron chi connectivity index (χ1n) is 6.50. The number of aromatic nitrogens is 1. The van der Waals surface area contributed by atoms with Crippen LogP contribution in [0, 0.1) is 5.82 Å². The topological polar surface area (TPSA) is 28.2 Å². The number of nitrogens with one attached hydrogen (secondary N) is 1. The molecule has 0 aliphatic carbocycles. The van der Waals surface area contributed by atoms with Gasteiger partial charge >= 0.3 is 0 Å². The number of benzene rings is 1. The van der Waals surface area contributed by atoms with Gasteiger partial charge in [-0.05, 0) is 29.8 Å². The van der Waals surface area contributed by atoms with Crippen LogP contribution in [-0.2, 0) is 0 Å². The fourth-order valence-corrected chi connectivity index (χ4v) is 2.28. The smallest absolute Gasteiger partial charge is 0.128 e. The monoisotopic (exact) mass is 329 g/mol. The van der Waals surface area contributed by atoms with E-state index in [1.807, 2.05) is 18.3 Å². The summed E-state index contributed by atoms with van der Waals surface area (Å²) in [6, 6.07) is 10.6. The number of hydrogen-bond donors (Lipinski definition) is 1. The normalized spacial score (nSPS) is 14.0. The summed E-state index contributed by atoms with van der Waals surface area (Å²) >= 11 is 0. The third-order valence-electron chi connectivity index (χ3n) is 3.37. The largest absolute Gasteiger partial charge is 0.354 e. The van der Waals surface area contributed by atoms with Crippen LogP contribution in [-0.4, -0.2) is 31.2 Å². The maximum absolute atomic E-state index is 12.9. The van der Waals surface area contributed by atoms with Gasteiger partial charge in [-0.2, -0.15) is 0 Å². The Morgan fingerprint density at radius 2 is 1.52 bits per heavy atom. The standard InChI is InChI=1S/C15H16FN3.2ClH/c16-14-4-1-12(2-5-14)13-3-6-15(18-11-13)19-9-7-17-8-10-19;;/h1-6,11,17H,7-10H2;2*1H. The Kier molecular flexibility index (Phi) is 6.89. The van der Waals surface area contributed by atoms with Crippen LogP contribution in [0.5, 0.6) is 0 Å². The van der Waals surface area contributed by atoms with Gasteiger partial charge in [0.1, 0.15) is 11.6 Å². The summed E-state index contributed by atoms with van der Waals surface area (Å²) in [6.07, 6.45) is 1.85. The molecule has 2 aromatic rings. The lowest BCUT2D eigenvalue weighted by Crippen LogP contribution is -2.43. The maximum atomic E-state index is 12.9. The van der Waals surface area contributed by atoms with Gasteiger partial charge in [0.05, 0.1) is 0 Å². The second-order valence-electron chi connectivity index (χ2n) is 4.65. The Bertz CT molecular complexity index is 540. The average molecular weight is 330 g/mol. The summed E-state index contributed by atoms with van der Waals surface area (Å²) in [5, 5.41) is 3.32. The molecule has 1 aliphatic rings. The molecule has 0 saturated carbocycles. The summed E-state index contributed by atoms with van der Waals surface area (Å²) in [5.41, 5.74) is 2.00. The molecular weight excluding hydrogens is 312 g/mol. The van der Waals surface area contributed by atoms with Crippen molar-refractivity contribution in [1.29, 1.82) is 0 Å². The van der Waals surface area contributed by atoms with Crippen molar-refractivity contribution in [2.24, 2.45) is 0 Å². The molecule has 0 spiro atoms. The highest BCUT2D eigenvalue weighted by Crippen LogP contribution is 2.21. The van der Waals surface area contributed by atoms with E-state index in [1.165, 1.54) is 12.1 Å². The van der Waals surface area contributed by atoms with Crippen LogP contribution < -0.4 is 10.2 Å². The summed E-state index contributed by atoms with van der Waals surface area (Å²) in [7, 11) is 0. The van der Waals surface area contributed by atoms with Crippen molar-refractivity contribution in [1.82, 2.24) is 10.3 Å². The summed E-state index contributed by atoms with van der Waals surface area (Å²) < 4.78 is 12.9. The van der Waals surface area contributed by atoms with E-state index < -0.39 is 0 Å².